The van der Waals surface area contributed by atoms with Gasteiger partial charge in [-0.25, -0.2) is 4.99 Å². The van der Waals surface area contributed by atoms with Crippen molar-refractivity contribution in [2.24, 2.45) is 10.7 Å². The summed E-state index contributed by atoms with van der Waals surface area (Å²) in [5, 5.41) is 0.132. The smallest absolute Gasteiger partial charge is 0.387 e. The van der Waals surface area contributed by atoms with E-state index in [-0.39, 0.29) is 16.5 Å². The lowest BCUT2D eigenvalue weighted by Crippen LogP contribution is -2.06. The molecule has 0 aromatic heterocycles. The lowest BCUT2D eigenvalue weighted by Gasteiger charge is -2.08. The Morgan fingerprint density at radius 3 is 2.47 bits per heavy atom. The van der Waals surface area contributed by atoms with Crippen LogP contribution in [0.1, 0.15) is 12.5 Å². The molecular formula is C9H8ClF3N2. The molecule has 0 fully saturated rings. The summed E-state index contributed by atoms with van der Waals surface area (Å²) in [6, 6.07) is 2.90. The molecular weight excluding hydrogens is 229 g/mol. The molecule has 0 saturated carbocycles. The van der Waals surface area contributed by atoms with Gasteiger partial charge in [0.1, 0.15) is 0 Å². The summed E-state index contributed by atoms with van der Waals surface area (Å²) in [6.45, 7) is 1.47. The van der Waals surface area contributed by atoms with Crippen LogP contribution in [0.2, 0.25) is 5.02 Å². The van der Waals surface area contributed by atoms with Gasteiger partial charge in [0.25, 0.3) is 0 Å². The molecule has 0 aliphatic carbocycles. The van der Waals surface area contributed by atoms with Crippen LogP contribution in [0.5, 0.6) is 0 Å². The predicted octanol–water partition coefficient (Wildman–Crippen LogP) is 3.37. The minimum Gasteiger partial charge on any atom is -0.387 e. The number of hydrogen-bond donors (Lipinski definition) is 1. The molecule has 0 radical (unpaired) electrons. The van der Waals surface area contributed by atoms with Gasteiger partial charge in [0, 0.05) is 0 Å². The van der Waals surface area contributed by atoms with E-state index in [2.05, 4.69) is 4.99 Å². The second-order valence-electron chi connectivity index (χ2n) is 2.92. The van der Waals surface area contributed by atoms with E-state index in [1.165, 1.54) is 6.92 Å². The summed E-state index contributed by atoms with van der Waals surface area (Å²) >= 11 is 5.66. The number of rotatable bonds is 1. The SMILES string of the molecule is CC(N)=Nc1cc(C(F)(F)F)ccc1Cl. The summed E-state index contributed by atoms with van der Waals surface area (Å²) in [5.41, 5.74) is 4.48. The molecule has 0 aliphatic heterocycles. The maximum Gasteiger partial charge on any atom is 0.416 e. The van der Waals surface area contributed by atoms with E-state index in [9.17, 15) is 13.2 Å². The van der Waals surface area contributed by atoms with Crippen molar-refractivity contribution >= 4 is 23.1 Å². The van der Waals surface area contributed by atoms with Gasteiger partial charge < -0.3 is 5.73 Å². The first-order valence-corrected chi connectivity index (χ1v) is 4.36. The van der Waals surface area contributed by atoms with E-state index in [0.717, 1.165) is 18.2 Å². The third-order valence-electron chi connectivity index (χ3n) is 1.57. The number of benzene rings is 1. The fourth-order valence-corrected chi connectivity index (χ4v) is 1.12. The average Bonchev–Trinajstić information content (AvgIpc) is 2.06. The summed E-state index contributed by atoms with van der Waals surface area (Å²) in [6.07, 6.45) is -4.41. The van der Waals surface area contributed by atoms with Gasteiger partial charge >= 0.3 is 6.18 Å². The van der Waals surface area contributed by atoms with Gasteiger partial charge in [-0.3, -0.25) is 0 Å². The Kier molecular flexibility index (Phi) is 3.24. The monoisotopic (exact) mass is 236 g/mol. The van der Waals surface area contributed by atoms with Crippen LogP contribution in [0.25, 0.3) is 0 Å². The van der Waals surface area contributed by atoms with Crippen molar-refractivity contribution in [2.75, 3.05) is 0 Å². The van der Waals surface area contributed by atoms with Gasteiger partial charge in [-0.15, -0.1) is 0 Å². The Morgan fingerprint density at radius 1 is 1.40 bits per heavy atom. The van der Waals surface area contributed by atoms with Crippen molar-refractivity contribution in [3.05, 3.63) is 28.8 Å². The second kappa shape index (κ2) is 4.10. The van der Waals surface area contributed by atoms with Crippen molar-refractivity contribution in [2.45, 2.75) is 13.1 Å². The number of nitrogens with zero attached hydrogens (tertiary/aromatic N) is 1. The predicted molar refractivity (Wildman–Crippen MR) is 53.4 cm³/mol. The zero-order valence-corrected chi connectivity index (χ0v) is 8.52. The summed E-state index contributed by atoms with van der Waals surface area (Å²) in [7, 11) is 0. The molecule has 0 heterocycles. The Balaban J connectivity index is 3.23. The first kappa shape index (κ1) is 11.8. The first-order valence-electron chi connectivity index (χ1n) is 3.98. The maximum absolute atomic E-state index is 12.3. The number of alkyl halides is 3. The summed E-state index contributed by atoms with van der Waals surface area (Å²) < 4.78 is 36.9. The highest BCUT2D eigenvalue weighted by Crippen LogP contribution is 2.34. The Hall–Kier alpha value is -1.23. The Morgan fingerprint density at radius 2 is 2.00 bits per heavy atom. The van der Waals surface area contributed by atoms with Gasteiger partial charge in [-0.2, -0.15) is 13.2 Å². The quantitative estimate of drug-likeness (QED) is 0.589. The van der Waals surface area contributed by atoms with Crippen molar-refractivity contribution in [3.63, 3.8) is 0 Å². The van der Waals surface area contributed by atoms with Crippen LogP contribution in [0.3, 0.4) is 0 Å². The second-order valence-corrected chi connectivity index (χ2v) is 3.32. The average molecular weight is 237 g/mol. The van der Waals surface area contributed by atoms with Crippen LogP contribution < -0.4 is 5.73 Å². The number of amidine groups is 1. The fourth-order valence-electron chi connectivity index (χ4n) is 0.965. The van der Waals surface area contributed by atoms with Gasteiger partial charge in [0.15, 0.2) is 0 Å². The van der Waals surface area contributed by atoms with Gasteiger partial charge in [0.2, 0.25) is 0 Å². The molecule has 0 saturated heterocycles. The van der Waals surface area contributed by atoms with E-state index >= 15 is 0 Å². The lowest BCUT2D eigenvalue weighted by molar-refractivity contribution is -0.137. The zero-order chi connectivity index (χ0) is 11.6. The molecule has 2 nitrogen and oxygen atoms in total. The topological polar surface area (TPSA) is 38.4 Å². The van der Waals surface area contributed by atoms with Gasteiger partial charge in [-0.05, 0) is 25.1 Å². The van der Waals surface area contributed by atoms with E-state index < -0.39 is 11.7 Å². The van der Waals surface area contributed by atoms with Crippen molar-refractivity contribution < 1.29 is 13.2 Å². The fraction of sp³-hybridized carbons (Fsp3) is 0.222. The van der Waals surface area contributed by atoms with Gasteiger partial charge in [0.05, 0.1) is 22.1 Å². The molecule has 1 aromatic carbocycles. The minimum absolute atomic E-state index is 0.0199. The molecule has 82 valence electrons. The third-order valence-corrected chi connectivity index (χ3v) is 1.89. The molecule has 1 rings (SSSR count). The van der Waals surface area contributed by atoms with Gasteiger partial charge in [-0.1, -0.05) is 11.6 Å². The molecule has 1 aromatic rings. The molecule has 0 bridgehead atoms. The van der Waals surface area contributed by atoms with Crippen LogP contribution in [-0.4, -0.2) is 5.84 Å². The minimum atomic E-state index is -4.41. The zero-order valence-electron chi connectivity index (χ0n) is 7.77. The van der Waals surface area contributed by atoms with Crippen LogP contribution in [-0.2, 0) is 6.18 Å². The highest BCUT2D eigenvalue weighted by atomic mass is 35.5. The summed E-state index contributed by atoms with van der Waals surface area (Å²) in [5.74, 6) is 0.149. The lowest BCUT2D eigenvalue weighted by atomic mass is 10.2. The maximum atomic E-state index is 12.3. The highest BCUT2D eigenvalue weighted by molar-refractivity contribution is 6.33. The van der Waals surface area contributed by atoms with E-state index in [1.54, 1.807) is 0 Å². The van der Waals surface area contributed by atoms with Crippen LogP contribution in [0.4, 0.5) is 18.9 Å². The third kappa shape index (κ3) is 3.13. The van der Waals surface area contributed by atoms with E-state index in [1.807, 2.05) is 0 Å². The molecule has 0 spiro atoms. The number of aliphatic imine (C=N–C) groups is 1. The van der Waals surface area contributed by atoms with Crippen LogP contribution in [0, 0.1) is 0 Å². The van der Waals surface area contributed by atoms with Crippen molar-refractivity contribution in [1.82, 2.24) is 0 Å². The summed E-state index contributed by atoms with van der Waals surface area (Å²) in [4.78, 5) is 3.70. The number of nitrogens with two attached hydrogens (primary N) is 1. The molecule has 0 amide bonds. The molecule has 6 heteroatoms. The Bertz CT molecular complexity index is 395. The standard InChI is InChI=1S/C9H8ClF3N2/c1-5(14)15-8-4-6(9(11,12)13)2-3-7(8)10/h2-4H,1H3,(H2,14,15). The Labute approximate surface area is 89.6 Å². The molecule has 15 heavy (non-hydrogen) atoms. The van der Waals surface area contributed by atoms with E-state index in [4.69, 9.17) is 17.3 Å². The molecule has 0 aliphatic rings. The van der Waals surface area contributed by atoms with Crippen molar-refractivity contribution in [1.29, 1.82) is 0 Å². The first-order chi connectivity index (χ1) is 6.80. The molecule has 0 unspecified atom stereocenters. The molecule has 0 atom stereocenters. The van der Waals surface area contributed by atoms with Crippen LogP contribution in [0.15, 0.2) is 23.2 Å². The van der Waals surface area contributed by atoms with E-state index in [0.29, 0.717) is 0 Å². The normalized spacial score (nSPS) is 13.0. The van der Waals surface area contributed by atoms with Crippen LogP contribution >= 0.6 is 11.6 Å². The largest absolute Gasteiger partial charge is 0.416 e. The highest BCUT2D eigenvalue weighted by Gasteiger charge is 2.30. The number of halogens is 4. The molecule has 2 N–H and O–H groups in total. The van der Waals surface area contributed by atoms with Crippen molar-refractivity contribution in [3.8, 4) is 0 Å². The number of hydrogen-bond acceptors (Lipinski definition) is 1.